The van der Waals surface area contributed by atoms with Crippen molar-refractivity contribution < 1.29 is 114 Å². The van der Waals surface area contributed by atoms with Crippen molar-refractivity contribution in [2.24, 2.45) is 22.7 Å². The minimum Gasteiger partial charge on any atom is -0.457 e. The zero-order valence-corrected chi connectivity index (χ0v) is 55.1. The number of ketones is 1. The molecule has 0 bridgehead atoms. The first-order valence-electron chi connectivity index (χ1n) is 33.0. The number of carbonyl (C=O) groups excluding carboxylic acids is 5. The molecule has 0 aromatic heterocycles. The molecule has 2 heterocycles. The summed E-state index contributed by atoms with van der Waals surface area (Å²) in [6.45, 7) is 16.5. The third kappa shape index (κ3) is 21.1. The summed E-state index contributed by atoms with van der Waals surface area (Å²) in [6.07, 6.45) is 2.25. The number of rotatable bonds is 48. The number of amides is 4. The van der Waals surface area contributed by atoms with E-state index < -0.39 is 82.8 Å². The molecule has 27 heteroatoms. The highest BCUT2D eigenvalue weighted by molar-refractivity contribution is 6.13. The van der Waals surface area contributed by atoms with Crippen LogP contribution in [0.2, 0.25) is 0 Å². The van der Waals surface area contributed by atoms with Crippen LogP contribution in [0.3, 0.4) is 0 Å². The molecule has 2 aliphatic heterocycles. The van der Waals surface area contributed by atoms with E-state index in [4.69, 9.17) is 71.1 Å². The SMILES string of the molecule is C.C=C1C=C[C@@]2(C)C(=C1)[C@@H](F)C[C@H]1[C@@H]3C[C@H]4O[C@@H](c5ccc(Oc6ccc(NC(=O)CCOCCOCCOCCOCCOCCOCCOCCOCCOCCOCCOCCOCCNC(=O)CCN7C(=O)C=CC7=O)cc6)cc5)O[C@@]4(C(=O)CO)[C@@]3(C)C[C@H](O)[C@@]12F. The Hall–Kier alpha value is -5.83. The van der Waals surface area contributed by atoms with E-state index in [2.05, 4.69) is 17.2 Å². The molecule has 97 heavy (non-hydrogen) atoms. The second-order valence-electron chi connectivity index (χ2n) is 24.3. The predicted molar refractivity (Wildman–Crippen MR) is 348 cm³/mol. The lowest BCUT2D eigenvalue weighted by molar-refractivity contribution is -0.235. The number of hydrogen-bond donors (Lipinski definition) is 4. The smallest absolute Gasteiger partial charge is 0.253 e. The molecule has 4 aliphatic carbocycles. The first-order valence-corrected chi connectivity index (χ1v) is 33.0. The molecule has 2 aromatic carbocycles. The molecular weight excluding hydrogens is 1270 g/mol. The average Bonchev–Trinajstić information content (AvgIpc) is 1.59. The second-order valence-corrected chi connectivity index (χ2v) is 24.3. The summed E-state index contributed by atoms with van der Waals surface area (Å²) in [5, 5.41) is 27.7. The molecule has 4 amide bonds. The molecule has 8 rings (SSSR count). The molecule has 2 aromatic rings. The number of carbonyl (C=O) groups is 5. The van der Waals surface area contributed by atoms with E-state index >= 15 is 8.78 Å². The lowest BCUT2D eigenvalue weighted by Gasteiger charge is -2.63. The maximum atomic E-state index is 17.8. The van der Waals surface area contributed by atoms with Crippen LogP contribution < -0.4 is 15.4 Å². The number of aliphatic hydroxyl groups excluding tert-OH is 2. The molecule has 3 saturated carbocycles. The maximum Gasteiger partial charge on any atom is 0.253 e. The number of halogens is 2. The van der Waals surface area contributed by atoms with Crippen molar-refractivity contribution in [3.05, 3.63) is 102 Å². The topological polar surface area (TPSA) is 292 Å². The lowest BCUT2D eigenvalue weighted by Crippen LogP contribution is -2.70. The molecular formula is C70H99F2N3O22. The van der Waals surface area contributed by atoms with Crippen LogP contribution in [0.25, 0.3) is 0 Å². The molecule has 0 radical (unpaired) electrons. The number of benzene rings is 2. The van der Waals surface area contributed by atoms with Gasteiger partial charge in [0.1, 0.15) is 24.3 Å². The highest BCUT2D eigenvalue weighted by Gasteiger charge is 2.80. The Morgan fingerprint density at radius 1 is 0.619 bits per heavy atom. The normalized spacial score (nSPS) is 26.1. The Bertz CT molecular complexity index is 2890. The minimum atomic E-state index is -2.24. The minimum absolute atomic E-state index is 0. The van der Waals surface area contributed by atoms with E-state index in [0.29, 0.717) is 187 Å². The van der Waals surface area contributed by atoms with Gasteiger partial charge in [-0.1, -0.05) is 51.3 Å². The number of alkyl halides is 2. The number of nitrogens with zero attached hydrogens (tertiary/aromatic N) is 1. The van der Waals surface area contributed by atoms with Gasteiger partial charge in [-0.05, 0) is 79.6 Å². The summed E-state index contributed by atoms with van der Waals surface area (Å²) in [6, 6.07) is 13.8. The summed E-state index contributed by atoms with van der Waals surface area (Å²) < 4.78 is 119. The zero-order chi connectivity index (χ0) is 68.2. The van der Waals surface area contributed by atoms with Crippen LogP contribution >= 0.6 is 0 Å². The zero-order valence-electron chi connectivity index (χ0n) is 55.1. The molecule has 10 atom stereocenters. The number of nitrogens with one attached hydrogen (secondary N) is 2. The molecule has 0 spiro atoms. The average molecular weight is 1370 g/mol. The number of ether oxygens (including phenoxy) is 15. The van der Waals surface area contributed by atoms with Gasteiger partial charge in [-0.25, -0.2) is 8.78 Å². The summed E-state index contributed by atoms with van der Waals surface area (Å²) in [4.78, 5) is 62.5. The maximum absolute atomic E-state index is 17.8. The summed E-state index contributed by atoms with van der Waals surface area (Å²) in [5.74, 6) is -2.52. The summed E-state index contributed by atoms with van der Waals surface area (Å²) >= 11 is 0. The van der Waals surface area contributed by atoms with Gasteiger partial charge in [0.05, 0.1) is 177 Å². The highest BCUT2D eigenvalue weighted by Crippen LogP contribution is 2.73. The molecule has 4 N–H and O–H groups in total. The van der Waals surface area contributed by atoms with Crippen LogP contribution in [0.15, 0.2) is 96.6 Å². The Kier molecular flexibility index (Phi) is 32.2. The van der Waals surface area contributed by atoms with Gasteiger partial charge in [0.25, 0.3) is 11.8 Å². The molecule has 0 unspecified atom stereocenters. The van der Waals surface area contributed by atoms with Crippen molar-refractivity contribution in [1.82, 2.24) is 10.2 Å². The number of fused-ring (bicyclic) bond motifs is 7. The third-order valence-electron chi connectivity index (χ3n) is 18.1. The summed E-state index contributed by atoms with van der Waals surface area (Å²) in [7, 11) is 0. The van der Waals surface area contributed by atoms with E-state index in [0.717, 1.165) is 4.90 Å². The van der Waals surface area contributed by atoms with Crippen molar-refractivity contribution >= 4 is 35.1 Å². The van der Waals surface area contributed by atoms with E-state index in [1.54, 1.807) is 80.6 Å². The number of Topliss-reactive ketones (excluding diaryl/α,β-unsaturated/α-hetero) is 1. The van der Waals surface area contributed by atoms with Crippen molar-refractivity contribution in [2.45, 2.75) is 89.3 Å². The largest absolute Gasteiger partial charge is 0.457 e. The van der Waals surface area contributed by atoms with Crippen LogP contribution in [-0.2, 0) is 90.3 Å². The number of allylic oxidation sites excluding steroid dienone is 5. The van der Waals surface area contributed by atoms with E-state index in [1.807, 2.05) is 0 Å². The number of imide groups is 1. The highest BCUT2D eigenvalue weighted by atomic mass is 19.1. The van der Waals surface area contributed by atoms with Gasteiger partial charge in [-0.3, -0.25) is 28.9 Å². The van der Waals surface area contributed by atoms with Gasteiger partial charge in [-0.15, -0.1) is 0 Å². The number of aliphatic hydroxyl groups is 2. The number of hydrogen-bond acceptors (Lipinski definition) is 22. The monoisotopic (exact) mass is 1370 g/mol. The van der Waals surface area contributed by atoms with E-state index in [1.165, 1.54) is 12.2 Å². The van der Waals surface area contributed by atoms with E-state index in [9.17, 15) is 34.2 Å². The van der Waals surface area contributed by atoms with Crippen LogP contribution in [0.1, 0.15) is 65.2 Å². The van der Waals surface area contributed by atoms with Gasteiger partial charge in [0.15, 0.2) is 23.3 Å². The van der Waals surface area contributed by atoms with Gasteiger partial charge in [-0.2, -0.15) is 0 Å². The van der Waals surface area contributed by atoms with Crippen LogP contribution in [0.5, 0.6) is 11.5 Å². The van der Waals surface area contributed by atoms with Crippen molar-refractivity contribution in [1.29, 1.82) is 0 Å². The fourth-order valence-corrected chi connectivity index (χ4v) is 13.3. The Balaban J connectivity index is 0.0000133. The Labute approximate surface area is 566 Å². The standard InChI is InChI=1S/C69H95F2N3O22.CH4/c1-49-14-17-66(2)56(44-49)57(70)45-55-54-46-60-69(59(77)48-75,67(54,3)47-58(76)68(55,66)71)96-65(95-60)50-4-8-52(9-5-50)94-53-10-6-51(7-11-53)73-62(79)16-20-82-22-24-84-26-28-86-30-32-88-34-36-90-38-40-92-42-43-93-41-39-91-37-35-89-33-31-87-29-27-85-25-23-83-21-18-72-61(78)15-19-74-63(80)12-13-64(74)81;/h4-14,17,44,54-55,57-58,60,65,75-76H,1,15-16,18-43,45-48H2,2-3H3,(H,72,78)(H,73,79);1H4/t54-,55-,57-,58-,60+,65+,66-,67-,68-,69+;/m0./s1. The van der Waals surface area contributed by atoms with Gasteiger partial charge in [0.2, 0.25) is 11.8 Å². The molecule has 6 aliphatic rings. The van der Waals surface area contributed by atoms with E-state index in [-0.39, 0.29) is 70.1 Å². The van der Waals surface area contributed by atoms with Gasteiger partial charge >= 0.3 is 0 Å². The number of anilines is 1. The first kappa shape index (κ1) is 78.5. The second kappa shape index (κ2) is 39.8. The molecule has 25 nitrogen and oxygen atoms in total. The molecule has 1 saturated heterocycles. The first-order chi connectivity index (χ1) is 46.5. The quantitative estimate of drug-likeness (QED) is 0.0456. The van der Waals surface area contributed by atoms with Gasteiger partial charge < -0.3 is 91.9 Å². The fraction of sp³-hybridized carbons (Fsp3) is 0.643. The predicted octanol–water partition coefficient (Wildman–Crippen LogP) is 5.70. The van der Waals surface area contributed by atoms with Crippen LogP contribution in [0, 0.1) is 22.7 Å². The van der Waals surface area contributed by atoms with Crippen molar-refractivity contribution in [3.8, 4) is 11.5 Å². The third-order valence-corrected chi connectivity index (χ3v) is 18.1. The van der Waals surface area contributed by atoms with Gasteiger partial charge in [0, 0.05) is 59.7 Å². The Morgan fingerprint density at radius 2 is 1.07 bits per heavy atom. The lowest BCUT2D eigenvalue weighted by atomic mass is 9.44. The Morgan fingerprint density at radius 3 is 1.55 bits per heavy atom. The van der Waals surface area contributed by atoms with Crippen LogP contribution in [-0.4, -0.2) is 252 Å². The van der Waals surface area contributed by atoms with Crippen LogP contribution in [0.4, 0.5) is 14.5 Å². The van der Waals surface area contributed by atoms with Crippen molar-refractivity contribution in [3.63, 3.8) is 0 Å². The van der Waals surface area contributed by atoms with Crippen molar-refractivity contribution in [2.75, 3.05) is 184 Å². The summed E-state index contributed by atoms with van der Waals surface area (Å²) in [5.41, 5.74) is -4.63. The fourth-order valence-electron chi connectivity index (χ4n) is 13.3. The molecule has 4 fully saturated rings. The molecule has 540 valence electrons.